The summed E-state index contributed by atoms with van der Waals surface area (Å²) < 4.78 is 4.94. The van der Waals surface area contributed by atoms with Crippen LogP contribution in [0.4, 0.5) is 0 Å². The maximum absolute atomic E-state index is 11.4. The highest BCUT2D eigenvalue weighted by molar-refractivity contribution is 6.15. The maximum atomic E-state index is 11.4. The fourth-order valence-corrected chi connectivity index (χ4v) is 1.06. The molecule has 0 saturated heterocycles. The first-order valence-electron chi connectivity index (χ1n) is 4.80. The number of phenolic OH excluding ortho intramolecular Hbond substituents is 1. The molecule has 0 heterocycles. The number of hydrogen-bond acceptors (Lipinski definition) is 3. The van der Waals surface area contributed by atoms with E-state index in [1.54, 1.807) is 12.1 Å². The standard InChI is InChI=1S/C12H14O3/c1-3-8-15-12(14)9(2)10-4-6-11(13)7-5-10/h4-7,13H,2-3,8H2,1H3. The van der Waals surface area contributed by atoms with Crippen LogP contribution in [-0.2, 0) is 9.53 Å². The molecule has 80 valence electrons. The Morgan fingerprint density at radius 2 is 2.00 bits per heavy atom. The lowest BCUT2D eigenvalue weighted by Crippen LogP contribution is -2.06. The predicted octanol–water partition coefficient (Wildman–Crippen LogP) is 2.36. The van der Waals surface area contributed by atoms with Crippen molar-refractivity contribution in [2.75, 3.05) is 6.61 Å². The van der Waals surface area contributed by atoms with Gasteiger partial charge in [0.25, 0.3) is 0 Å². The summed E-state index contributed by atoms with van der Waals surface area (Å²) >= 11 is 0. The molecule has 0 radical (unpaired) electrons. The van der Waals surface area contributed by atoms with Crippen molar-refractivity contribution in [1.82, 2.24) is 0 Å². The van der Waals surface area contributed by atoms with E-state index in [4.69, 9.17) is 9.84 Å². The smallest absolute Gasteiger partial charge is 0.338 e. The first-order chi connectivity index (χ1) is 7.15. The molecule has 15 heavy (non-hydrogen) atoms. The van der Waals surface area contributed by atoms with E-state index < -0.39 is 5.97 Å². The number of carbonyl (C=O) groups excluding carboxylic acids is 1. The van der Waals surface area contributed by atoms with Crippen LogP contribution in [0.2, 0.25) is 0 Å². The largest absolute Gasteiger partial charge is 0.508 e. The van der Waals surface area contributed by atoms with Gasteiger partial charge in [-0.1, -0.05) is 25.6 Å². The molecule has 0 aromatic heterocycles. The van der Waals surface area contributed by atoms with Crippen molar-refractivity contribution in [3.05, 3.63) is 36.4 Å². The third kappa shape index (κ3) is 3.13. The summed E-state index contributed by atoms with van der Waals surface area (Å²) in [5, 5.41) is 9.07. The van der Waals surface area contributed by atoms with Gasteiger partial charge < -0.3 is 9.84 Å². The van der Waals surface area contributed by atoms with Crippen LogP contribution in [0.3, 0.4) is 0 Å². The van der Waals surface area contributed by atoms with Gasteiger partial charge in [-0.3, -0.25) is 0 Å². The van der Waals surface area contributed by atoms with E-state index in [9.17, 15) is 4.79 Å². The zero-order valence-electron chi connectivity index (χ0n) is 8.69. The van der Waals surface area contributed by atoms with Crippen molar-refractivity contribution in [3.8, 4) is 5.75 Å². The summed E-state index contributed by atoms with van der Waals surface area (Å²) in [6.45, 7) is 5.98. The molecule has 0 spiro atoms. The lowest BCUT2D eigenvalue weighted by molar-refractivity contribution is -0.136. The van der Waals surface area contributed by atoms with Crippen molar-refractivity contribution in [3.63, 3.8) is 0 Å². The van der Waals surface area contributed by atoms with Crippen LogP contribution in [0.15, 0.2) is 30.8 Å². The van der Waals surface area contributed by atoms with Crippen LogP contribution in [-0.4, -0.2) is 17.7 Å². The summed E-state index contributed by atoms with van der Waals surface area (Å²) in [4.78, 5) is 11.4. The highest BCUT2D eigenvalue weighted by Gasteiger charge is 2.09. The number of hydrogen-bond donors (Lipinski definition) is 1. The molecule has 3 heteroatoms. The molecule has 0 unspecified atom stereocenters. The van der Waals surface area contributed by atoms with Gasteiger partial charge >= 0.3 is 5.97 Å². The Morgan fingerprint density at radius 1 is 1.40 bits per heavy atom. The minimum Gasteiger partial charge on any atom is -0.508 e. The van der Waals surface area contributed by atoms with Gasteiger partial charge in [-0.15, -0.1) is 0 Å². The number of rotatable bonds is 4. The Bertz CT molecular complexity index is 352. The molecule has 0 bridgehead atoms. The van der Waals surface area contributed by atoms with Crippen LogP contribution in [0.5, 0.6) is 5.75 Å². The third-order valence-electron chi connectivity index (χ3n) is 1.90. The van der Waals surface area contributed by atoms with Crippen molar-refractivity contribution < 1.29 is 14.6 Å². The molecular formula is C12H14O3. The number of ether oxygens (including phenoxy) is 1. The Hall–Kier alpha value is -1.77. The normalized spacial score (nSPS) is 9.67. The quantitative estimate of drug-likeness (QED) is 0.607. The maximum Gasteiger partial charge on any atom is 0.338 e. The molecule has 1 aromatic rings. The van der Waals surface area contributed by atoms with Crippen LogP contribution >= 0.6 is 0 Å². The summed E-state index contributed by atoms with van der Waals surface area (Å²) in [5.41, 5.74) is 0.970. The van der Waals surface area contributed by atoms with Crippen LogP contribution < -0.4 is 0 Å². The molecule has 1 rings (SSSR count). The molecule has 0 fully saturated rings. The van der Waals surface area contributed by atoms with E-state index in [1.807, 2.05) is 6.92 Å². The van der Waals surface area contributed by atoms with Gasteiger partial charge in [-0.05, 0) is 24.1 Å². The second-order valence-corrected chi connectivity index (χ2v) is 3.16. The van der Waals surface area contributed by atoms with Crippen molar-refractivity contribution in [2.45, 2.75) is 13.3 Å². The Labute approximate surface area is 89.0 Å². The molecule has 0 amide bonds. The monoisotopic (exact) mass is 206 g/mol. The Balaban J connectivity index is 2.68. The molecule has 0 aliphatic heterocycles. The number of esters is 1. The van der Waals surface area contributed by atoms with Gasteiger partial charge in [0.1, 0.15) is 5.75 Å². The Kier molecular flexibility index (Phi) is 3.92. The highest BCUT2D eigenvalue weighted by Crippen LogP contribution is 2.17. The summed E-state index contributed by atoms with van der Waals surface area (Å²) in [7, 11) is 0. The van der Waals surface area contributed by atoms with E-state index in [1.165, 1.54) is 12.1 Å². The van der Waals surface area contributed by atoms with Crippen LogP contribution in [0, 0.1) is 0 Å². The fourth-order valence-electron chi connectivity index (χ4n) is 1.06. The number of benzene rings is 1. The molecule has 0 saturated carbocycles. The van der Waals surface area contributed by atoms with E-state index in [2.05, 4.69) is 6.58 Å². The second kappa shape index (κ2) is 5.20. The number of aromatic hydroxyl groups is 1. The molecule has 3 nitrogen and oxygen atoms in total. The first-order valence-corrected chi connectivity index (χ1v) is 4.80. The molecule has 1 aromatic carbocycles. The zero-order valence-corrected chi connectivity index (χ0v) is 8.69. The molecule has 0 aliphatic carbocycles. The van der Waals surface area contributed by atoms with Crippen LogP contribution in [0.25, 0.3) is 5.57 Å². The molecule has 0 aliphatic rings. The lowest BCUT2D eigenvalue weighted by atomic mass is 10.1. The SMILES string of the molecule is C=C(C(=O)OCCC)c1ccc(O)cc1. The minimum atomic E-state index is -0.414. The fraction of sp³-hybridized carbons (Fsp3) is 0.250. The minimum absolute atomic E-state index is 0.161. The third-order valence-corrected chi connectivity index (χ3v) is 1.90. The van der Waals surface area contributed by atoms with Crippen molar-refractivity contribution in [2.24, 2.45) is 0 Å². The molecule has 1 N–H and O–H groups in total. The van der Waals surface area contributed by atoms with E-state index in [-0.39, 0.29) is 5.75 Å². The average Bonchev–Trinajstić information content (AvgIpc) is 2.26. The molecule has 0 atom stereocenters. The Morgan fingerprint density at radius 3 is 2.53 bits per heavy atom. The zero-order chi connectivity index (χ0) is 11.3. The van der Waals surface area contributed by atoms with E-state index >= 15 is 0 Å². The summed E-state index contributed by atoms with van der Waals surface area (Å²) in [6, 6.07) is 6.27. The summed E-state index contributed by atoms with van der Waals surface area (Å²) in [6.07, 6.45) is 0.786. The van der Waals surface area contributed by atoms with Gasteiger partial charge in [0.05, 0.1) is 12.2 Å². The topological polar surface area (TPSA) is 46.5 Å². The van der Waals surface area contributed by atoms with Gasteiger partial charge in [0.2, 0.25) is 0 Å². The van der Waals surface area contributed by atoms with Gasteiger partial charge in [0, 0.05) is 0 Å². The van der Waals surface area contributed by atoms with E-state index in [0.717, 1.165) is 6.42 Å². The van der Waals surface area contributed by atoms with Crippen LogP contribution in [0.1, 0.15) is 18.9 Å². The highest BCUT2D eigenvalue weighted by atomic mass is 16.5. The predicted molar refractivity (Wildman–Crippen MR) is 58.4 cm³/mol. The van der Waals surface area contributed by atoms with Gasteiger partial charge in [0.15, 0.2) is 0 Å². The number of phenols is 1. The second-order valence-electron chi connectivity index (χ2n) is 3.16. The lowest BCUT2D eigenvalue weighted by Gasteiger charge is -2.05. The average molecular weight is 206 g/mol. The summed E-state index contributed by atoms with van der Waals surface area (Å²) in [5.74, 6) is -0.254. The molecular weight excluding hydrogens is 192 g/mol. The van der Waals surface area contributed by atoms with Gasteiger partial charge in [-0.25, -0.2) is 4.79 Å². The van der Waals surface area contributed by atoms with Gasteiger partial charge in [-0.2, -0.15) is 0 Å². The number of carbonyl (C=O) groups is 1. The van der Waals surface area contributed by atoms with E-state index in [0.29, 0.717) is 17.7 Å². The first kappa shape index (κ1) is 11.3. The van der Waals surface area contributed by atoms with Crippen molar-refractivity contribution in [1.29, 1.82) is 0 Å². The van der Waals surface area contributed by atoms with Crippen molar-refractivity contribution >= 4 is 11.5 Å².